The normalized spacial score (nSPS) is 26.9. The van der Waals surface area contributed by atoms with E-state index >= 15 is 0 Å². The summed E-state index contributed by atoms with van der Waals surface area (Å²) in [5.74, 6) is 0.221. The predicted octanol–water partition coefficient (Wildman–Crippen LogP) is 2.01. The molecule has 5 heteroatoms. The van der Waals surface area contributed by atoms with Gasteiger partial charge in [-0.3, -0.25) is 0 Å². The molecule has 96 valence electrons. The molecule has 0 aromatic heterocycles. The minimum atomic E-state index is -1.09. The Hall–Kier alpha value is -0.920. The van der Waals surface area contributed by atoms with Crippen molar-refractivity contribution in [3.05, 3.63) is 57.1 Å². The van der Waals surface area contributed by atoms with E-state index in [-0.39, 0.29) is 5.82 Å². The molecule has 1 aliphatic carbocycles. The van der Waals surface area contributed by atoms with E-state index in [1.165, 1.54) is 13.2 Å². The third-order valence-electron chi connectivity index (χ3n) is 3.03. The Morgan fingerprint density at radius 1 is 1.44 bits per heavy atom. The first-order chi connectivity index (χ1) is 8.47. The summed E-state index contributed by atoms with van der Waals surface area (Å²) in [6.07, 6.45) is 5.11. The molecule has 0 saturated carbocycles. The Bertz CT molecular complexity index is 530. The van der Waals surface area contributed by atoms with Gasteiger partial charge in [-0.2, -0.15) is 0 Å². The lowest BCUT2D eigenvalue weighted by atomic mass is 9.80. The summed E-state index contributed by atoms with van der Waals surface area (Å²) in [6, 6.07) is 4.42. The maximum Gasteiger partial charge on any atom is 0.129 e. The predicted molar refractivity (Wildman–Crippen MR) is 77.2 cm³/mol. The van der Waals surface area contributed by atoms with Gasteiger partial charge in [0.25, 0.3) is 0 Å². The van der Waals surface area contributed by atoms with Crippen molar-refractivity contribution in [3.8, 4) is 0 Å². The molecular formula is C13H14FIN2O. The summed E-state index contributed by atoms with van der Waals surface area (Å²) in [7, 11) is 1.54. The summed E-state index contributed by atoms with van der Waals surface area (Å²) < 4.78 is 20.0. The molecule has 0 heterocycles. The summed E-state index contributed by atoms with van der Waals surface area (Å²) >= 11 is 2.05. The van der Waals surface area contributed by atoms with Crippen LogP contribution < -0.4 is 11.5 Å². The van der Waals surface area contributed by atoms with Gasteiger partial charge in [-0.1, -0.05) is 12.1 Å². The van der Waals surface area contributed by atoms with E-state index in [4.69, 9.17) is 16.2 Å². The van der Waals surface area contributed by atoms with E-state index in [1.807, 2.05) is 22.6 Å². The molecule has 0 fully saturated rings. The largest absolute Gasteiger partial charge is 0.497 e. The van der Waals surface area contributed by atoms with Gasteiger partial charge >= 0.3 is 0 Å². The number of ether oxygens (including phenoxy) is 1. The molecule has 18 heavy (non-hydrogen) atoms. The standard InChI is InChI=1S/C13H14FIN2O/c1-18-9-3-5-12(16)13(17,7-9)10-4-2-8(15)6-11(10)14/h2-7,12H,16-17H2,1H3. The van der Waals surface area contributed by atoms with Gasteiger partial charge in [0.05, 0.1) is 12.6 Å². The minimum Gasteiger partial charge on any atom is -0.497 e. The number of nitrogens with two attached hydrogens (primary N) is 2. The Morgan fingerprint density at radius 3 is 2.78 bits per heavy atom. The number of rotatable bonds is 2. The highest BCUT2D eigenvalue weighted by Gasteiger charge is 2.36. The topological polar surface area (TPSA) is 61.3 Å². The molecular weight excluding hydrogens is 346 g/mol. The summed E-state index contributed by atoms with van der Waals surface area (Å²) in [6.45, 7) is 0. The average molecular weight is 360 g/mol. The van der Waals surface area contributed by atoms with Gasteiger partial charge in [0.1, 0.15) is 11.6 Å². The van der Waals surface area contributed by atoms with E-state index in [1.54, 1.807) is 30.4 Å². The van der Waals surface area contributed by atoms with Gasteiger partial charge in [-0.15, -0.1) is 0 Å². The fraction of sp³-hybridized carbons (Fsp3) is 0.231. The van der Waals surface area contributed by atoms with Gasteiger partial charge in [0.2, 0.25) is 0 Å². The zero-order valence-electron chi connectivity index (χ0n) is 9.86. The maximum atomic E-state index is 14.1. The third kappa shape index (κ3) is 2.30. The van der Waals surface area contributed by atoms with E-state index < -0.39 is 11.6 Å². The Balaban J connectivity index is 2.53. The molecule has 0 aliphatic heterocycles. The minimum absolute atomic E-state index is 0.359. The van der Waals surface area contributed by atoms with Crippen molar-refractivity contribution < 1.29 is 9.13 Å². The van der Waals surface area contributed by atoms with Crippen molar-refractivity contribution in [2.75, 3.05) is 7.11 Å². The molecule has 3 nitrogen and oxygen atoms in total. The van der Waals surface area contributed by atoms with Gasteiger partial charge in [0, 0.05) is 15.2 Å². The van der Waals surface area contributed by atoms with Gasteiger partial charge in [-0.05, 0) is 46.9 Å². The van der Waals surface area contributed by atoms with Gasteiger partial charge < -0.3 is 16.2 Å². The fourth-order valence-electron chi connectivity index (χ4n) is 1.96. The molecule has 1 aromatic carbocycles. The van der Waals surface area contributed by atoms with Crippen molar-refractivity contribution in [1.29, 1.82) is 0 Å². The number of halogens is 2. The van der Waals surface area contributed by atoms with Crippen molar-refractivity contribution in [2.24, 2.45) is 11.5 Å². The summed E-state index contributed by atoms with van der Waals surface area (Å²) in [5, 5.41) is 0. The lowest BCUT2D eigenvalue weighted by Gasteiger charge is -2.34. The van der Waals surface area contributed by atoms with Gasteiger partial charge in [-0.25, -0.2) is 4.39 Å². The van der Waals surface area contributed by atoms with Gasteiger partial charge in [0.15, 0.2) is 0 Å². The lowest BCUT2D eigenvalue weighted by molar-refractivity contribution is 0.292. The van der Waals surface area contributed by atoms with Crippen LogP contribution in [0.2, 0.25) is 0 Å². The molecule has 2 rings (SSSR count). The number of hydrogen-bond donors (Lipinski definition) is 2. The van der Waals surface area contributed by atoms with Crippen LogP contribution >= 0.6 is 22.6 Å². The van der Waals surface area contributed by atoms with E-state index in [2.05, 4.69) is 0 Å². The van der Waals surface area contributed by atoms with E-state index in [0.717, 1.165) is 3.57 Å². The van der Waals surface area contributed by atoms with Crippen molar-refractivity contribution in [3.63, 3.8) is 0 Å². The SMILES string of the molecule is COC1=CC(N)(c2ccc(I)cc2F)C(N)C=C1. The van der Waals surface area contributed by atoms with Crippen LogP contribution in [0.3, 0.4) is 0 Å². The molecule has 0 saturated heterocycles. The molecule has 1 aromatic rings. The second-order valence-electron chi connectivity index (χ2n) is 4.19. The van der Waals surface area contributed by atoms with Crippen LogP contribution in [0, 0.1) is 9.39 Å². The molecule has 2 unspecified atom stereocenters. The Morgan fingerprint density at radius 2 is 2.17 bits per heavy atom. The zero-order valence-corrected chi connectivity index (χ0v) is 12.0. The van der Waals surface area contributed by atoms with E-state index in [0.29, 0.717) is 11.3 Å². The van der Waals surface area contributed by atoms with Crippen molar-refractivity contribution in [2.45, 2.75) is 11.6 Å². The third-order valence-corrected chi connectivity index (χ3v) is 3.70. The highest BCUT2D eigenvalue weighted by atomic mass is 127. The second-order valence-corrected chi connectivity index (χ2v) is 5.44. The van der Waals surface area contributed by atoms with Crippen LogP contribution in [0.15, 0.2) is 42.2 Å². The lowest BCUT2D eigenvalue weighted by Crippen LogP contribution is -2.52. The molecule has 2 atom stereocenters. The van der Waals surface area contributed by atoms with Crippen LogP contribution in [-0.4, -0.2) is 13.2 Å². The van der Waals surface area contributed by atoms with Crippen LogP contribution in [-0.2, 0) is 10.3 Å². The molecule has 1 aliphatic rings. The van der Waals surface area contributed by atoms with Crippen molar-refractivity contribution >= 4 is 22.6 Å². The fourth-order valence-corrected chi connectivity index (χ4v) is 2.42. The number of allylic oxidation sites excluding steroid dienone is 1. The number of hydrogen-bond acceptors (Lipinski definition) is 3. The number of benzene rings is 1. The second kappa shape index (κ2) is 4.99. The number of methoxy groups -OCH3 is 1. The molecule has 0 amide bonds. The highest BCUT2D eigenvalue weighted by molar-refractivity contribution is 14.1. The van der Waals surface area contributed by atoms with E-state index in [9.17, 15) is 4.39 Å². The first-order valence-corrected chi connectivity index (χ1v) is 6.50. The average Bonchev–Trinajstić information content (AvgIpc) is 2.32. The highest BCUT2D eigenvalue weighted by Crippen LogP contribution is 2.31. The molecule has 0 bridgehead atoms. The summed E-state index contributed by atoms with van der Waals surface area (Å²) in [4.78, 5) is 0. The smallest absolute Gasteiger partial charge is 0.129 e. The van der Waals surface area contributed by atoms with Crippen LogP contribution in [0.25, 0.3) is 0 Å². The van der Waals surface area contributed by atoms with Crippen LogP contribution in [0.4, 0.5) is 4.39 Å². The molecule has 4 N–H and O–H groups in total. The summed E-state index contributed by atoms with van der Waals surface area (Å²) in [5.41, 5.74) is 11.5. The maximum absolute atomic E-state index is 14.1. The molecule has 0 radical (unpaired) electrons. The monoisotopic (exact) mass is 360 g/mol. The quantitative estimate of drug-likeness (QED) is 0.794. The van der Waals surface area contributed by atoms with Crippen molar-refractivity contribution in [1.82, 2.24) is 0 Å². The first kappa shape index (κ1) is 13.5. The Kier molecular flexibility index (Phi) is 3.74. The molecule has 0 spiro atoms. The first-order valence-electron chi connectivity index (χ1n) is 5.42. The van der Waals surface area contributed by atoms with Crippen LogP contribution in [0.1, 0.15) is 5.56 Å². The Labute approximate surface area is 119 Å². The van der Waals surface area contributed by atoms with Crippen LogP contribution in [0.5, 0.6) is 0 Å². The zero-order chi connectivity index (χ0) is 13.3.